The van der Waals surface area contributed by atoms with E-state index in [9.17, 15) is 4.79 Å². The highest BCUT2D eigenvalue weighted by atomic mass is 16.5. The molecule has 0 aromatic heterocycles. The molecule has 1 amide bonds. The summed E-state index contributed by atoms with van der Waals surface area (Å²) in [4.78, 5) is 14.1. The summed E-state index contributed by atoms with van der Waals surface area (Å²) in [5.41, 5.74) is 1.18. The molecule has 0 saturated carbocycles. The molecule has 2 saturated heterocycles. The highest BCUT2D eigenvalue weighted by Gasteiger charge is 2.48. The van der Waals surface area contributed by atoms with Gasteiger partial charge >= 0.3 is 0 Å². The topological polar surface area (TPSA) is 41.6 Å². The Morgan fingerprint density at radius 3 is 2.44 bits per heavy atom. The van der Waals surface area contributed by atoms with Crippen LogP contribution >= 0.6 is 0 Å². The molecule has 1 N–H and O–H groups in total. The van der Waals surface area contributed by atoms with Gasteiger partial charge in [-0.15, -0.1) is 0 Å². The van der Waals surface area contributed by atoms with E-state index in [1.807, 2.05) is 0 Å². The molecule has 18 heavy (non-hydrogen) atoms. The van der Waals surface area contributed by atoms with Gasteiger partial charge in [-0.1, -0.05) is 27.4 Å². The van der Waals surface area contributed by atoms with Crippen LogP contribution in [0.2, 0.25) is 0 Å². The number of likely N-dealkylation sites (tertiary alicyclic amines) is 1. The van der Waals surface area contributed by atoms with E-state index in [0.29, 0.717) is 24.1 Å². The summed E-state index contributed by atoms with van der Waals surface area (Å²) in [5.74, 6) is -0.0178. The molecule has 1 spiro atoms. The molecule has 0 bridgehead atoms. The summed E-state index contributed by atoms with van der Waals surface area (Å²) < 4.78 is 5.23. The summed E-state index contributed by atoms with van der Waals surface area (Å²) in [6, 6.07) is 0. The average Bonchev–Trinajstić information content (AvgIpc) is 2.14. The van der Waals surface area contributed by atoms with Crippen molar-refractivity contribution in [2.45, 2.75) is 20.8 Å². The molecule has 0 unspecified atom stereocenters. The molecule has 0 radical (unpaired) electrons. The minimum atomic E-state index is -0.0178. The third kappa shape index (κ3) is 3.12. The summed E-state index contributed by atoms with van der Waals surface area (Å²) in [7, 11) is 0. The lowest BCUT2D eigenvalue weighted by molar-refractivity contribution is -0.186. The lowest BCUT2D eigenvalue weighted by Crippen LogP contribution is -2.66. The van der Waals surface area contributed by atoms with Gasteiger partial charge in [0.15, 0.2) is 0 Å². The van der Waals surface area contributed by atoms with Gasteiger partial charge in [0.05, 0.1) is 13.2 Å². The van der Waals surface area contributed by atoms with Crippen molar-refractivity contribution in [1.29, 1.82) is 0 Å². The van der Waals surface area contributed by atoms with Crippen LogP contribution in [0.5, 0.6) is 0 Å². The highest BCUT2D eigenvalue weighted by molar-refractivity contribution is 5.93. The van der Waals surface area contributed by atoms with Gasteiger partial charge in [-0.2, -0.15) is 0 Å². The van der Waals surface area contributed by atoms with Gasteiger partial charge in [0.2, 0.25) is 5.91 Å². The maximum Gasteiger partial charge on any atom is 0.247 e. The van der Waals surface area contributed by atoms with Crippen LogP contribution < -0.4 is 5.32 Å². The first kappa shape index (κ1) is 13.6. The van der Waals surface area contributed by atoms with Crippen LogP contribution in [0.25, 0.3) is 0 Å². The van der Waals surface area contributed by atoms with Crippen molar-refractivity contribution < 1.29 is 9.53 Å². The van der Waals surface area contributed by atoms with Crippen LogP contribution in [0.1, 0.15) is 20.8 Å². The molecule has 2 aliphatic rings. The number of rotatable bonds is 4. The number of ether oxygens (including phenoxy) is 1. The minimum Gasteiger partial charge on any atom is -0.380 e. The van der Waals surface area contributed by atoms with E-state index in [2.05, 4.69) is 37.6 Å². The molecule has 0 aromatic rings. The van der Waals surface area contributed by atoms with Gasteiger partial charge in [0.25, 0.3) is 0 Å². The predicted molar refractivity (Wildman–Crippen MR) is 71.3 cm³/mol. The Hall–Kier alpha value is -0.870. The number of hydrogen-bond acceptors (Lipinski definition) is 3. The lowest BCUT2D eigenvalue weighted by Gasteiger charge is -2.55. The van der Waals surface area contributed by atoms with Crippen LogP contribution in [-0.4, -0.2) is 50.2 Å². The van der Waals surface area contributed by atoms with Crippen molar-refractivity contribution in [1.82, 2.24) is 10.2 Å². The molecule has 0 atom stereocenters. The van der Waals surface area contributed by atoms with Crippen molar-refractivity contribution in [3.63, 3.8) is 0 Å². The maximum atomic E-state index is 11.8. The third-order valence-electron chi connectivity index (χ3n) is 3.45. The van der Waals surface area contributed by atoms with Crippen LogP contribution in [-0.2, 0) is 9.53 Å². The zero-order chi connectivity index (χ0) is 13.4. The number of hydrogen-bond donors (Lipinski definition) is 1. The fourth-order valence-corrected chi connectivity index (χ4v) is 2.40. The molecular formula is C14H24N2O2. The Morgan fingerprint density at radius 1 is 1.39 bits per heavy atom. The lowest BCUT2D eigenvalue weighted by atomic mass is 9.78. The Balaban J connectivity index is 1.67. The van der Waals surface area contributed by atoms with Crippen molar-refractivity contribution >= 4 is 5.91 Å². The second-order valence-electron chi connectivity index (χ2n) is 6.98. The summed E-state index contributed by atoms with van der Waals surface area (Å²) >= 11 is 0. The molecule has 102 valence electrons. The normalized spacial score (nSPS) is 22.2. The number of nitrogens with one attached hydrogen (secondary N) is 1. The van der Waals surface area contributed by atoms with Gasteiger partial charge in [-0.25, -0.2) is 0 Å². The number of nitrogens with zero attached hydrogens (tertiary/aromatic N) is 1. The van der Waals surface area contributed by atoms with E-state index >= 15 is 0 Å². The van der Waals surface area contributed by atoms with Crippen LogP contribution in [0.15, 0.2) is 12.2 Å². The van der Waals surface area contributed by atoms with Gasteiger partial charge in [-0.05, 0) is 5.41 Å². The van der Waals surface area contributed by atoms with E-state index in [4.69, 9.17) is 4.74 Å². The molecule has 0 aliphatic carbocycles. The quantitative estimate of drug-likeness (QED) is 0.760. The Bertz CT molecular complexity index is 345. The molecule has 0 aromatic carbocycles. The number of amides is 1. The summed E-state index contributed by atoms with van der Waals surface area (Å²) in [5, 5.41) is 2.93. The molecule has 2 rings (SSSR count). The second-order valence-corrected chi connectivity index (χ2v) is 6.98. The first-order valence-electron chi connectivity index (χ1n) is 6.56. The maximum absolute atomic E-state index is 11.8. The monoisotopic (exact) mass is 252 g/mol. The molecule has 4 nitrogen and oxygen atoms in total. The van der Waals surface area contributed by atoms with Gasteiger partial charge in [0, 0.05) is 37.2 Å². The van der Waals surface area contributed by atoms with Crippen LogP contribution in [0.3, 0.4) is 0 Å². The Kier molecular flexibility index (Phi) is 3.52. The van der Waals surface area contributed by atoms with Crippen LogP contribution in [0, 0.1) is 10.8 Å². The molecular weight excluding hydrogens is 228 g/mol. The summed E-state index contributed by atoms with van der Waals surface area (Å²) in [6.07, 6.45) is 0. The average molecular weight is 252 g/mol. The van der Waals surface area contributed by atoms with Crippen LogP contribution in [0.4, 0.5) is 0 Å². The third-order valence-corrected chi connectivity index (χ3v) is 3.45. The van der Waals surface area contributed by atoms with Gasteiger partial charge < -0.3 is 10.1 Å². The standard InChI is InChI=1S/C14H24N2O2/c1-11(12(17)15-6-13(2,3)4)5-16-7-14(8-16)9-18-10-14/h1,5-10H2,2-4H3,(H,15,17). The smallest absolute Gasteiger partial charge is 0.247 e. The zero-order valence-electron chi connectivity index (χ0n) is 11.7. The largest absolute Gasteiger partial charge is 0.380 e. The predicted octanol–water partition coefficient (Wildman–Crippen LogP) is 1.04. The molecule has 2 fully saturated rings. The molecule has 4 heteroatoms. The zero-order valence-corrected chi connectivity index (χ0v) is 11.7. The Labute approximate surface area is 109 Å². The van der Waals surface area contributed by atoms with E-state index < -0.39 is 0 Å². The van der Waals surface area contributed by atoms with Crippen molar-refractivity contribution in [2.24, 2.45) is 10.8 Å². The Morgan fingerprint density at radius 2 is 2.00 bits per heavy atom. The molecule has 2 heterocycles. The number of carbonyl (C=O) groups is 1. The van der Waals surface area contributed by atoms with Crippen molar-refractivity contribution in [3.8, 4) is 0 Å². The van der Waals surface area contributed by atoms with Crippen molar-refractivity contribution in [3.05, 3.63) is 12.2 Å². The van der Waals surface area contributed by atoms with E-state index in [1.54, 1.807) is 0 Å². The SMILES string of the molecule is C=C(CN1CC2(COC2)C1)C(=O)NCC(C)(C)C. The fraction of sp³-hybridized carbons (Fsp3) is 0.786. The van der Waals surface area contributed by atoms with E-state index in [1.165, 1.54) is 0 Å². The first-order chi connectivity index (χ1) is 8.30. The fourth-order valence-electron chi connectivity index (χ4n) is 2.40. The van der Waals surface area contributed by atoms with E-state index in [-0.39, 0.29) is 11.3 Å². The van der Waals surface area contributed by atoms with Gasteiger partial charge in [0.1, 0.15) is 0 Å². The first-order valence-corrected chi connectivity index (χ1v) is 6.56. The minimum absolute atomic E-state index is 0.0178. The van der Waals surface area contributed by atoms with E-state index in [0.717, 1.165) is 26.3 Å². The van der Waals surface area contributed by atoms with Gasteiger partial charge in [-0.3, -0.25) is 9.69 Å². The summed E-state index contributed by atoms with van der Waals surface area (Å²) in [6.45, 7) is 15.4. The molecule has 2 aliphatic heterocycles. The number of carbonyl (C=O) groups excluding carboxylic acids is 1. The highest BCUT2D eigenvalue weighted by Crippen LogP contribution is 2.37. The second kappa shape index (κ2) is 4.67. The van der Waals surface area contributed by atoms with Crippen molar-refractivity contribution in [2.75, 3.05) is 39.4 Å².